The molecule has 96 valence electrons. The molecule has 2 N–H and O–H groups in total. The van der Waals surface area contributed by atoms with E-state index < -0.39 is 0 Å². The Bertz CT molecular complexity index is 502. The molecule has 0 radical (unpaired) electrons. The summed E-state index contributed by atoms with van der Waals surface area (Å²) < 4.78 is 0. The van der Waals surface area contributed by atoms with Gasteiger partial charge >= 0.3 is 6.03 Å². The SMILES string of the molecule is CC(C)NC(=O)N1CC(=O)Nc2cc(Cl)ccc21. The zero-order valence-electron chi connectivity index (χ0n) is 10.2. The van der Waals surface area contributed by atoms with E-state index in [1.807, 2.05) is 13.8 Å². The molecular weight excluding hydrogens is 254 g/mol. The van der Waals surface area contributed by atoms with Gasteiger partial charge in [-0.05, 0) is 32.0 Å². The van der Waals surface area contributed by atoms with Crippen LogP contribution in [0.15, 0.2) is 18.2 Å². The summed E-state index contributed by atoms with van der Waals surface area (Å²) in [4.78, 5) is 25.0. The van der Waals surface area contributed by atoms with E-state index in [1.54, 1.807) is 18.2 Å². The molecule has 0 aromatic heterocycles. The molecule has 3 amide bonds. The van der Waals surface area contributed by atoms with Gasteiger partial charge in [0, 0.05) is 11.1 Å². The van der Waals surface area contributed by atoms with Gasteiger partial charge in [0.2, 0.25) is 5.91 Å². The fraction of sp³-hybridized carbons (Fsp3) is 0.333. The fourth-order valence-corrected chi connectivity index (χ4v) is 1.94. The van der Waals surface area contributed by atoms with Crippen molar-refractivity contribution in [2.75, 3.05) is 16.8 Å². The summed E-state index contributed by atoms with van der Waals surface area (Å²) in [5, 5.41) is 5.97. The molecular formula is C12H14ClN3O2. The number of nitrogens with zero attached hydrogens (tertiary/aromatic N) is 1. The lowest BCUT2D eigenvalue weighted by molar-refractivity contribution is -0.115. The minimum Gasteiger partial charge on any atom is -0.336 e. The number of amides is 3. The second kappa shape index (κ2) is 4.86. The molecule has 0 saturated heterocycles. The van der Waals surface area contributed by atoms with Crippen LogP contribution < -0.4 is 15.5 Å². The maximum Gasteiger partial charge on any atom is 0.322 e. The minimum atomic E-state index is -0.288. The standard InChI is InChI=1S/C12H14ClN3O2/c1-7(2)14-12(18)16-6-11(17)15-9-5-8(13)3-4-10(9)16/h3-5,7H,6H2,1-2H3,(H,14,18)(H,15,17). The van der Waals surface area contributed by atoms with E-state index in [1.165, 1.54) is 4.90 Å². The third-order valence-corrected chi connectivity index (χ3v) is 2.72. The summed E-state index contributed by atoms with van der Waals surface area (Å²) >= 11 is 5.87. The minimum absolute atomic E-state index is 0.00713. The number of carbonyl (C=O) groups is 2. The highest BCUT2D eigenvalue weighted by molar-refractivity contribution is 6.31. The van der Waals surface area contributed by atoms with Gasteiger partial charge in [-0.3, -0.25) is 9.69 Å². The van der Waals surface area contributed by atoms with Crippen molar-refractivity contribution in [1.82, 2.24) is 5.32 Å². The number of rotatable bonds is 1. The smallest absolute Gasteiger partial charge is 0.322 e. The van der Waals surface area contributed by atoms with Crippen molar-refractivity contribution in [2.45, 2.75) is 19.9 Å². The van der Waals surface area contributed by atoms with Gasteiger partial charge in [-0.25, -0.2) is 4.79 Å². The molecule has 1 heterocycles. The fourth-order valence-electron chi connectivity index (χ4n) is 1.77. The molecule has 0 saturated carbocycles. The number of anilines is 2. The van der Waals surface area contributed by atoms with E-state index in [0.29, 0.717) is 16.4 Å². The Morgan fingerprint density at radius 3 is 2.89 bits per heavy atom. The third kappa shape index (κ3) is 2.56. The van der Waals surface area contributed by atoms with E-state index >= 15 is 0 Å². The molecule has 1 aliphatic heterocycles. The number of benzene rings is 1. The van der Waals surface area contributed by atoms with Crippen molar-refractivity contribution in [1.29, 1.82) is 0 Å². The number of hydrogen-bond acceptors (Lipinski definition) is 2. The highest BCUT2D eigenvalue weighted by Gasteiger charge is 2.27. The molecule has 0 fully saturated rings. The van der Waals surface area contributed by atoms with Crippen molar-refractivity contribution in [3.8, 4) is 0 Å². The van der Waals surface area contributed by atoms with Crippen LogP contribution in [-0.2, 0) is 4.79 Å². The Kier molecular flexibility index (Phi) is 3.43. The second-order valence-electron chi connectivity index (χ2n) is 4.40. The molecule has 1 aliphatic rings. The molecule has 0 aliphatic carbocycles. The topological polar surface area (TPSA) is 61.4 Å². The van der Waals surface area contributed by atoms with E-state index in [0.717, 1.165) is 0 Å². The Morgan fingerprint density at radius 2 is 2.22 bits per heavy atom. The Hall–Kier alpha value is -1.75. The molecule has 0 spiro atoms. The molecule has 0 bridgehead atoms. The zero-order valence-corrected chi connectivity index (χ0v) is 10.9. The summed E-state index contributed by atoms with van der Waals surface area (Å²) in [5.41, 5.74) is 1.20. The number of hydrogen-bond donors (Lipinski definition) is 2. The monoisotopic (exact) mass is 267 g/mol. The van der Waals surface area contributed by atoms with E-state index in [9.17, 15) is 9.59 Å². The van der Waals surface area contributed by atoms with Gasteiger partial charge in [0.05, 0.1) is 11.4 Å². The zero-order chi connectivity index (χ0) is 13.3. The van der Waals surface area contributed by atoms with Crippen molar-refractivity contribution in [3.63, 3.8) is 0 Å². The van der Waals surface area contributed by atoms with Crippen molar-refractivity contribution < 1.29 is 9.59 Å². The van der Waals surface area contributed by atoms with Gasteiger partial charge in [0.25, 0.3) is 0 Å². The maximum absolute atomic E-state index is 12.0. The molecule has 2 rings (SSSR count). The van der Waals surface area contributed by atoms with Crippen molar-refractivity contribution in [3.05, 3.63) is 23.2 Å². The predicted molar refractivity (Wildman–Crippen MR) is 71.1 cm³/mol. The largest absolute Gasteiger partial charge is 0.336 e. The summed E-state index contributed by atoms with van der Waals surface area (Å²) in [5.74, 6) is -0.233. The molecule has 1 aromatic carbocycles. The van der Waals surface area contributed by atoms with Crippen molar-refractivity contribution >= 4 is 34.9 Å². The highest BCUT2D eigenvalue weighted by Crippen LogP contribution is 2.31. The lowest BCUT2D eigenvalue weighted by Crippen LogP contribution is -2.48. The van der Waals surface area contributed by atoms with Crippen LogP contribution in [0, 0.1) is 0 Å². The Balaban J connectivity index is 2.33. The van der Waals surface area contributed by atoms with E-state index in [2.05, 4.69) is 10.6 Å². The second-order valence-corrected chi connectivity index (χ2v) is 4.84. The number of fused-ring (bicyclic) bond motifs is 1. The average Bonchev–Trinajstić information content (AvgIpc) is 2.26. The first-order valence-corrected chi connectivity index (χ1v) is 6.02. The lowest BCUT2D eigenvalue weighted by atomic mass is 10.2. The van der Waals surface area contributed by atoms with Gasteiger partial charge in [-0.15, -0.1) is 0 Å². The molecule has 0 atom stereocenters. The van der Waals surface area contributed by atoms with Crippen LogP contribution in [0.1, 0.15) is 13.8 Å². The number of carbonyl (C=O) groups excluding carboxylic acids is 2. The van der Waals surface area contributed by atoms with Gasteiger partial charge in [-0.2, -0.15) is 0 Å². The van der Waals surface area contributed by atoms with Gasteiger partial charge in [0.15, 0.2) is 0 Å². The van der Waals surface area contributed by atoms with Crippen LogP contribution in [0.4, 0.5) is 16.2 Å². The summed E-state index contributed by atoms with van der Waals surface area (Å²) in [6.45, 7) is 3.74. The van der Waals surface area contributed by atoms with Crippen LogP contribution in [0.3, 0.4) is 0 Å². The first kappa shape index (κ1) is 12.7. The van der Waals surface area contributed by atoms with Crippen LogP contribution >= 0.6 is 11.6 Å². The first-order valence-electron chi connectivity index (χ1n) is 5.65. The Labute approximate surface area is 110 Å². The number of urea groups is 1. The van der Waals surface area contributed by atoms with Crippen LogP contribution in [0.2, 0.25) is 5.02 Å². The van der Waals surface area contributed by atoms with E-state index in [-0.39, 0.29) is 24.5 Å². The molecule has 0 unspecified atom stereocenters. The molecule has 1 aromatic rings. The van der Waals surface area contributed by atoms with Crippen molar-refractivity contribution in [2.24, 2.45) is 0 Å². The average molecular weight is 268 g/mol. The first-order chi connectivity index (χ1) is 8.47. The van der Waals surface area contributed by atoms with Gasteiger partial charge in [0.1, 0.15) is 6.54 Å². The quantitative estimate of drug-likeness (QED) is 0.820. The number of halogens is 1. The van der Waals surface area contributed by atoms with E-state index in [4.69, 9.17) is 11.6 Å². The van der Waals surface area contributed by atoms with Gasteiger partial charge in [-0.1, -0.05) is 11.6 Å². The predicted octanol–water partition coefficient (Wildman–Crippen LogP) is 2.22. The molecule has 6 heteroatoms. The summed E-state index contributed by atoms with van der Waals surface area (Å²) in [6, 6.07) is 4.76. The highest BCUT2D eigenvalue weighted by atomic mass is 35.5. The van der Waals surface area contributed by atoms with Gasteiger partial charge < -0.3 is 10.6 Å². The number of nitrogens with one attached hydrogen (secondary N) is 2. The van der Waals surface area contributed by atoms with Crippen LogP contribution in [0.5, 0.6) is 0 Å². The molecule has 18 heavy (non-hydrogen) atoms. The summed E-state index contributed by atoms with van der Waals surface area (Å²) in [7, 11) is 0. The Morgan fingerprint density at radius 1 is 1.50 bits per heavy atom. The maximum atomic E-state index is 12.0. The molecule has 5 nitrogen and oxygen atoms in total. The third-order valence-electron chi connectivity index (χ3n) is 2.48. The lowest BCUT2D eigenvalue weighted by Gasteiger charge is -2.30. The normalized spacial score (nSPS) is 14.2. The van der Waals surface area contributed by atoms with Crippen LogP contribution in [-0.4, -0.2) is 24.5 Å². The van der Waals surface area contributed by atoms with Crippen LogP contribution in [0.25, 0.3) is 0 Å². The summed E-state index contributed by atoms with van der Waals surface area (Å²) in [6.07, 6.45) is 0.